The summed E-state index contributed by atoms with van der Waals surface area (Å²) in [6.07, 6.45) is 0. The minimum absolute atomic E-state index is 0.0622. The van der Waals surface area contributed by atoms with Gasteiger partial charge in [0.1, 0.15) is 28.3 Å². The third-order valence-electron chi connectivity index (χ3n) is 3.16. The second-order valence-electron chi connectivity index (χ2n) is 4.93. The van der Waals surface area contributed by atoms with Gasteiger partial charge in [-0.15, -0.1) is 11.3 Å². The van der Waals surface area contributed by atoms with Gasteiger partial charge in [0.05, 0.1) is 16.1 Å². The molecule has 6 nitrogen and oxygen atoms in total. The number of ether oxygens (including phenoxy) is 1. The van der Waals surface area contributed by atoms with Crippen molar-refractivity contribution in [3.63, 3.8) is 0 Å². The number of hydrogen-bond acceptors (Lipinski definition) is 6. The molecule has 0 aliphatic rings. The third-order valence-corrected chi connectivity index (χ3v) is 5.58. The van der Waals surface area contributed by atoms with E-state index in [0.29, 0.717) is 0 Å². The molecule has 0 atom stereocenters. The first-order chi connectivity index (χ1) is 12.4. The maximum absolute atomic E-state index is 13.3. The van der Waals surface area contributed by atoms with Gasteiger partial charge in [-0.3, -0.25) is 4.72 Å². The fraction of sp³-hybridized carbons (Fsp3) is 0. The fourth-order valence-electron chi connectivity index (χ4n) is 2.01. The average molecular weight is 410 g/mol. The Bertz CT molecular complexity index is 1100. The van der Waals surface area contributed by atoms with Gasteiger partial charge in [0.25, 0.3) is 10.0 Å². The van der Waals surface area contributed by atoms with Gasteiger partial charge in [-0.2, -0.15) is 5.26 Å². The number of hydrogen-bond donors (Lipinski definition) is 1. The highest BCUT2D eigenvalue weighted by Gasteiger charge is 2.19. The number of halogens is 2. The van der Waals surface area contributed by atoms with Crippen LogP contribution in [0.15, 0.2) is 52.2 Å². The molecule has 0 saturated heterocycles. The lowest BCUT2D eigenvalue weighted by molar-refractivity contribution is 0.479. The molecule has 0 amide bonds. The lowest BCUT2D eigenvalue weighted by atomic mass is 10.2. The van der Waals surface area contributed by atoms with Crippen molar-refractivity contribution >= 4 is 38.8 Å². The molecule has 0 fully saturated rings. The Morgan fingerprint density at radius 3 is 2.62 bits per heavy atom. The smallest absolute Gasteiger partial charge is 0.264 e. The van der Waals surface area contributed by atoms with Crippen LogP contribution in [0.1, 0.15) is 5.56 Å². The third kappa shape index (κ3) is 3.94. The molecular weight excluding hydrogens is 401 g/mol. The molecular formula is C16H9ClFN3O3S2. The first kappa shape index (κ1) is 18.1. The summed E-state index contributed by atoms with van der Waals surface area (Å²) in [7, 11) is -3.91. The summed E-state index contributed by atoms with van der Waals surface area (Å²) in [5.74, 6) is -0.0116. The minimum Gasteiger partial charge on any atom is -0.457 e. The van der Waals surface area contributed by atoms with E-state index in [2.05, 4.69) is 9.71 Å². The SMILES string of the molecule is N#Cc1cc(Oc2ccc(S(=O)(=O)Nc3cscn3)c(Cl)c2)ccc1F. The number of thiazole rings is 1. The van der Waals surface area contributed by atoms with Crippen LogP contribution >= 0.6 is 22.9 Å². The van der Waals surface area contributed by atoms with E-state index in [9.17, 15) is 12.8 Å². The Labute approximate surface area is 157 Å². The van der Waals surface area contributed by atoms with Crippen LogP contribution in [0.3, 0.4) is 0 Å². The molecule has 0 aliphatic carbocycles. The lowest BCUT2D eigenvalue weighted by Crippen LogP contribution is -2.13. The van der Waals surface area contributed by atoms with Crippen LogP contribution in [0, 0.1) is 17.1 Å². The summed E-state index contributed by atoms with van der Waals surface area (Å²) in [6, 6.07) is 9.38. The highest BCUT2D eigenvalue weighted by molar-refractivity contribution is 7.92. The monoisotopic (exact) mass is 409 g/mol. The average Bonchev–Trinajstić information content (AvgIpc) is 3.08. The molecule has 0 saturated carbocycles. The van der Waals surface area contributed by atoms with Gasteiger partial charge >= 0.3 is 0 Å². The van der Waals surface area contributed by atoms with E-state index in [0.717, 1.165) is 6.07 Å². The predicted molar refractivity (Wildman–Crippen MR) is 95.6 cm³/mol. The predicted octanol–water partition coefficient (Wildman–Crippen LogP) is 4.40. The Hall–Kier alpha value is -2.67. The van der Waals surface area contributed by atoms with E-state index < -0.39 is 15.8 Å². The van der Waals surface area contributed by atoms with Gasteiger partial charge in [-0.05, 0) is 24.3 Å². The molecule has 10 heteroatoms. The van der Waals surface area contributed by atoms with Crippen molar-refractivity contribution < 1.29 is 17.5 Å². The van der Waals surface area contributed by atoms with E-state index in [1.807, 2.05) is 0 Å². The van der Waals surface area contributed by atoms with Gasteiger partial charge in [-0.1, -0.05) is 11.6 Å². The van der Waals surface area contributed by atoms with Crippen molar-refractivity contribution in [2.24, 2.45) is 0 Å². The summed E-state index contributed by atoms with van der Waals surface area (Å²) in [5.41, 5.74) is 1.33. The summed E-state index contributed by atoms with van der Waals surface area (Å²) < 4.78 is 45.9. The van der Waals surface area contributed by atoms with Crippen molar-refractivity contribution in [1.29, 1.82) is 5.26 Å². The molecule has 0 spiro atoms. The Kier molecular flexibility index (Phi) is 5.08. The summed E-state index contributed by atoms with van der Waals surface area (Å²) in [6.45, 7) is 0. The first-order valence-corrected chi connectivity index (χ1v) is 9.77. The molecule has 1 aromatic heterocycles. The number of sulfonamides is 1. The Morgan fingerprint density at radius 1 is 1.23 bits per heavy atom. The van der Waals surface area contributed by atoms with Gasteiger partial charge in [0.2, 0.25) is 0 Å². The number of nitrogens with one attached hydrogen (secondary N) is 1. The van der Waals surface area contributed by atoms with Crippen molar-refractivity contribution in [3.05, 3.63) is 63.7 Å². The van der Waals surface area contributed by atoms with Crippen LogP contribution in [0.25, 0.3) is 0 Å². The molecule has 3 rings (SSSR count). The van der Waals surface area contributed by atoms with Gasteiger partial charge in [0, 0.05) is 17.5 Å². The Balaban J connectivity index is 1.85. The maximum atomic E-state index is 13.3. The zero-order chi connectivity index (χ0) is 18.7. The molecule has 2 aromatic carbocycles. The Morgan fingerprint density at radius 2 is 1.96 bits per heavy atom. The standard InChI is InChI=1S/C16H9ClFN3O3S2/c17-13-6-12(24-11-1-3-14(18)10(5-11)7-19)2-4-15(13)26(22,23)21-16-8-25-9-20-16/h1-6,8-9,21H. The second-order valence-corrected chi connectivity index (χ2v) is 7.70. The number of anilines is 1. The van der Waals surface area contributed by atoms with Crippen molar-refractivity contribution in [2.45, 2.75) is 4.90 Å². The molecule has 1 N–H and O–H groups in total. The lowest BCUT2D eigenvalue weighted by Gasteiger charge is -2.10. The molecule has 1 heterocycles. The normalized spacial score (nSPS) is 11.0. The number of nitriles is 1. The quantitative estimate of drug-likeness (QED) is 0.674. The molecule has 0 aliphatic heterocycles. The number of aromatic nitrogens is 1. The van der Waals surface area contributed by atoms with E-state index in [1.54, 1.807) is 11.4 Å². The fourth-order valence-corrected chi connectivity index (χ4v) is 4.10. The van der Waals surface area contributed by atoms with Crippen LogP contribution in [0.2, 0.25) is 5.02 Å². The van der Waals surface area contributed by atoms with E-state index in [1.165, 1.54) is 47.2 Å². The molecule has 0 bridgehead atoms. The minimum atomic E-state index is -3.91. The van der Waals surface area contributed by atoms with Crippen molar-refractivity contribution in [2.75, 3.05) is 4.72 Å². The molecule has 26 heavy (non-hydrogen) atoms. The summed E-state index contributed by atoms with van der Waals surface area (Å²) in [5, 5.41) is 10.3. The summed E-state index contributed by atoms with van der Waals surface area (Å²) >= 11 is 7.32. The number of rotatable bonds is 5. The highest BCUT2D eigenvalue weighted by atomic mass is 35.5. The highest BCUT2D eigenvalue weighted by Crippen LogP contribution is 2.30. The largest absolute Gasteiger partial charge is 0.457 e. The van der Waals surface area contributed by atoms with E-state index >= 15 is 0 Å². The van der Waals surface area contributed by atoms with Crippen LogP contribution in [0.5, 0.6) is 11.5 Å². The van der Waals surface area contributed by atoms with E-state index in [-0.39, 0.29) is 32.8 Å². The van der Waals surface area contributed by atoms with Gasteiger partial charge < -0.3 is 4.74 Å². The summed E-state index contributed by atoms with van der Waals surface area (Å²) in [4.78, 5) is 3.71. The molecule has 132 valence electrons. The zero-order valence-electron chi connectivity index (χ0n) is 12.8. The maximum Gasteiger partial charge on any atom is 0.264 e. The van der Waals surface area contributed by atoms with Crippen LogP contribution in [-0.4, -0.2) is 13.4 Å². The number of nitrogens with zero attached hydrogens (tertiary/aromatic N) is 2. The molecule has 0 radical (unpaired) electrons. The van der Waals surface area contributed by atoms with Crippen LogP contribution in [-0.2, 0) is 10.0 Å². The zero-order valence-corrected chi connectivity index (χ0v) is 15.2. The number of benzene rings is 2. The van der Waals surface area contributed by atoms with Crippen molar-refractivity contribution in [1.82, 2.24) is 4.98 Å². The van der Waals surface area contributed by atoms with Crippen molar-refractivity contribution in [3.8, 4) is 17.6 Å². The van der Waals surface area contributed by atoms with Crippen LogP contribution < -0.4 is 9.46 Å². The van der Waals surface area contributed by atoms with E-state index in [4.69, 9.17) is 21.6 Å². The van der Waals surface area contributed by atoms with Gasteiger partial charge in [0.15, 0.2) is 5.82 Å². The van der Waals surface area contributed by atoms with Crippen LogP contribution in [0.4, 0.5) is 10.2 Å². The molecule has 0 unspecified atom stereocenters. The van der Waals surface area contributed by atoms with Gasteiger partial charge in [-0.25, -0.2) is 17.8 Å². The molecule has 3 aromatic rings. The second kappa shape index (κ2) is 7.29. The topological polar surface area (TPSA) is 92.1 Å². The first-order valence-electron chi connectivity index (χ1n) is 6.97.